The minimum absolute atomic E-state index is 0.399. The molecule has 1 atom stereocenters. The Hall–Kier alpha value is -0.750. The number of aliphatic hydroxyl groups is 1. The summed E-state index contributed by atoms with van der Waals surface area (Å²) in [6.07, 6.45) is 0.580. The van der Waals surface area contributed by atoms with Gasteiger partial charge in [0.2, 0.25) is 0 Å². The molecule has 1 unspecified atom stereocenters. The largest absolute Gasteiger partial charge is 0.387 e. The van der Waals surface area contributed by atoms with Crippen LogP contribution in [0.1, 0.15) is 22.2 Å². The van der Waals surface area contributed by atoms with Gasteiger partial charge in [-0.15, -0.1) is 11.3 Å². The van der Waals surface area contributed by atoms with E-state index in [9.17, 15) is 5.11 Å². The maximum Gasteiger partial charge on any atom is 0.0922 e. The van der Waals surface area contributed by atoms with E-state index in [1.165, 1.54) is 4.88 Å². The zero-order chi connectivity index (χ0) is 12.1. The van der Waals surface area contributed by atoms with Gasteiger partial charge in [-0.25, -0.2) is 4.98 Å². The SMILES string of the molecule is Cc1ncsc1CCNCC(O)c1ccsc1. The third kappa shape index (κ3) is 3.61. The number of rotatable bonds is 6. The number of nitrogens with zero attached hydrogens (tertiary/aromatic N) is 1. The van der Waals surface area contributed by atoms with E-state index in [4.69, 9.17) is 0 Å². The van der Waals surface area contributed by atoms with Gasteiger partial charge in [-0.2, -0.15) is 11.3 Å². The van der Waals surface area contributed by atoms with Crippen molar-refractivity contribution in [1.82, 2.24) is 10.3 Å². The van der Waals surface area contributed by atoms with Gasteiger partial charge in [0.15, 0.2) is 0 Å². The molecule has 0 bridgehead atoms. The molecule has 0 aromatic carbocycles. The number of hydrogen-bond acceptors (Lipinski definition) is 5. The minimum Gasteiger partial charge on any atom is -0.387 e. The van der Waals surface area contributed by atoms with Crippen molar-refractivity contribution in [1.29, 1.82) is 0 Å². The van der Waals surface area contributed by atoms with Crippen molar-refractivity contribution in [3.63, 3.8) is 0 Å². The van der Waals surface area contributed by atoms with Crippen LogP contribution in [0.5, 0.6) is 0 Å². The van der Waals surface area contributed by atoms with Crippen LogP contribution in [0, 0.1) is 6.92 Å². The number of aromatic nitrogens is 1. The van der Waals surface area contributed by atoms with E-state index >= 15 is 0 Å². The summed E-state index contributed by atoms with van der Waals surface area (Å²) in [6, 6.07) is 1.96. The van der Waals surface area contributed by atoms with Crippen LogP contribution in [0.4, 0.5) is 0 Å². The van der Waals surface area contributed by atoms with Crippen molar-refractivity contribution in [3.8, 4) is 0 Å². The summed E-state index contributed by atoms with van der Waals surface area (Å²) in [5.41, 5.74) is 4.00. The van der Waals surface area contributed by atoms with Crippen LogP contribution in [0.15, 0.2) is 22.3 Å². The summed E-state index contributed by atoms with van der Waals surface area (Å²) >= 11 is 3.31. The van der Waals surface area contributed by atoms with Crippen molar-refractivity contribution < 1.29 is 5.11 Å². The lowest BCUT2D eigenvalue weighted by atomic mass is 10.2. The standard InChI is InChI=1S/C12H16N2OS2/c1-9-12(17-8-14-9)2-4-13-6-11(15)10-3-5-16-7-10/h3,5,7-8,11,13,15H,2,4,6H2,1H3. The van der Waals surface area contributed by atoms with Gasteiger partial charge in [0.05, 0.1) is 17.3 Å². The summed E-state index contributed by atoms with van der Waals surface area (Å²) in [6.45, 7) is 3.52. The van der Waals surface area contributed by atoms with Crippen molar-refractivity contribution in [3.05, 3.63) is 38.5 Å². The highest BCUT2D eigenvalue weighted by Gasteiger charge is 2.07. The fraction of sp³-hybridized carbons (Fsp3) is 0.417. The average molecular weight is 268 g/mol. The third-order valence-electron chi connectivity index (χ3n) is 2.64. The fourth-order valence-electron chi connectivity index (χ4n) is 1.59. The van der Waals surface area contributed by atoms with Crippen molar-refractivity contribution >= 4 is 22.7 Å². The van der Waals surface area contributed by atoms with Gasteiger partial charge in [-0.1, -0.05) is 0 Å². The first-order chi connectivity index (χ1) is 8.27. The van der Waals surface area contributed by atoms with Gasteiger partial charge >= 0.3 is 0 Å². The van der Waals surface area contributed by atoms with Gasteiger partial charge in [0.25, 0.3) is 0 Å². The number of nitrogens with one attached hydrogen (secondary N) is 1. The third-order valence-corrected chi connectivity index (χ3v) is 4.34. The molecule has 0 spiro atoms. The second-order valence-electron chi connectivity index (χ2n) is 3.89. The van der Waals surface area contributed by atoms with E-state index < -0.39 is 6.10 Å². The van der Waals surface area contributed by atoms with E-state index in [2.05, 4.69) is 10.3 Å². The smallest absolute Gasteiger partial charge is 0.0922 e. The highest BCUT2D eigenvalue weighted by molar-refractivity contribution is 7.09. The van der Waals surface area contributed by atoms with Crippen LogP contribution in [0.3, 0.4) is 0 Å². The molecule has 2 N–H and O–H groups in total. The lowest BCUT2D eigenvalue weighted by molar-refractivity contribution is 0.175. The first-order valence-electron chi connectivity index (χ1n) is 5.57. The minimum atomic E-state index is -0.399. The molecule has 92 valence electrons. The molecule has 2 heterocycles. The lowest BCUT2D eigenvalue weighted by Gasteiger charge is -2.10. The molecule has 0 aliphatic heterocycles. The summed E-state index contributed by atoms with van der Waals surface area (Å²) in [5, 5.41) is 17.1. The van der Waals surface area contributed by atoms with Crippen LogP contribution in [-0.2, 0) is 6.42 Å². The van der Waals surface area contributed by atoms with Crippen LogP contribution in [0.2, 0.25) is 0 Å². The summed E-state index contributed by atoms with van der Waals surface area (Å²) in [5.74, 6) is 0. The number of hydrogen-bond donors (Lipinski definition) is 2. The Balaban J connectivity index is 1.68. The van der Waals surface area contributed by atoms with Gasteiger partial charge in [0.1, 0.15) is 0 Å². The molecule has 2 rings (SSSR count). The molecule has 5 heteroatoms. The summed E-state index contributed by atoms with van der Waals surface area (Å²) in [7, 11) is 0. The molecule has 0 amide bonds. The number of aliphatic hydroxyl groups excluding tert-OH is 1. The van der Waals surface area contributed by atoms with E-state index in [1.54, 1.807) is 22.7 Å². The maximum absolute atomic E-state index is 9.86. The topological polar surface area (TPSA) is 45.2 Å². The monoisotopic (exact) mass is 268 g/mol. The second kappa shape index (κ2) is 6.26. The molecule has 17 heavy (non-hydrogen) atoms. The first kappa shape index (κ1) is 12.7. The van der Waals surface area contributed by atoms with Gasteiger partial charge in [0, 0.05) is 18.0 Å². The van der Waals surface area contributed by atoms with Crippen molar-refractivity contribution in [2.24, 2.45) is 0 Å². The highest BCUT2D eigenvalue weighted by Crippen LogP contribution is 2.15. The molecule has 0 aliphatic rings. The van der Waals surface area contributed by atoms with E-state index in [-0.39, 0.29) is 0 Å². The van der Waals surface area contributed by atoms with Gasteiger partial charge in [-0.05, 0) is 35.7 Å². The molecular formula is C12H16N2OS2. The Kier molecular flexibility index (Phi) is 4.67. The molecule has 2 aromatic rings. The molecule has 3 nitrogen and oxygen atoms in total. The van der Waals surface area contributed by atoms with Gasteiger partial charge in [-0.3, -0.25) is 0 Å². The molecular weight excluding hydrogens is 252 g/mol. The average Bonchev–Trinajstić information content (AvgIpc) is 2.96. The highest BCUT2D eigenvalue weighted by atomic mass is 32.1. The zero-order valence-corrected chi connectivity index (χ0v) is 11.4. The molecule has 0 aliphatic carbocycles. The molecule has 0 saturated heterocycles. The van der Waals surface area contributed by atoms with Crippen LogP contribution in [0.25, 0.3) is 0 Å². The molecule has 2 aromatic heterocycles. The normalized spacial score (nSPS) is 12.8. The lowest BCUT2D eigenvalue weighted by Crippen LogP contribution is -2.23. The Morgan fingerprint density at radius 3 is 3.06 bits per heavy atom. The Labute approximate surface area is 109 Å². The quantitative estimate of drug-likeness (QED) is 0.791. The zero-order valence-electron chi connectivity index (χ0n) is 9.72. The van der Waals surface area contributed by atoms with Crippen LogP contribution in [-0.4, -0.2) is 23.2 Å². The molecule has 0 fully saturated rings. The van der Waals surface area contributed by atoms with Crippen molar-refractivity contribution in [2.75, 3.05) is 13.1 Å². The fourth-order valence-corrected chi connectivity index (χ4v) is 3.08. The number of thiazole rings is 1. The first-order valence-corrected chi connectivity index (χ1v) is 7.39. The Morgan fingerprint density at radius 2 is 2.41 bits per heavy atom. The second-order valence-corrected chi connectivity index (χ2v) is 5.61. The maximum atomic E-state index is 9.86. The summed E-state index contributed by atoms with van der Waals surface area (Å²) < 4.78 is 0. The predicted octanol–water partition coefficient (Wildman–Crippen LogP) is 2.38. The van der Waals surface area contributed by atoms with Crippen LogP contribution < -0.4 is 5.32 Å². The Morgan fingerprint density at radius 1 is 1.53 bits per heavy atom. The van der Waals surface area contributed by atoms with E-state index in [1.807, 2.05) is 29.3 Å². The van der Waals surface area contributed by atoms with Crippen molar-refractivity contribution in [2.45, 2.75) is 19.4 Å². The van der Waals surface area contributed by atoms with Crippen LogP contribution >= 0.6 is 22.7 Å². The van der Waals surface area contributed by atoms with E-state index in [0.29, 0.717) is 6.54 Å². The molecule has 0 radical (unpaired) electrons. The van der Waals surface area contributed by atoms with Gasteiger partial charge < -0.3 is 10.4 Å². The summed E-state index contributed by atoms with van der Waals surface area (Å²) in [4.78, 5) is 5.54. The number of thiophene rings is 1. The number of aryl methyl sites for hydroxylation is 1. The molecule has 0 saturated carbocycles. The van der Waals surface area contributed by atoms with E-state index in [0.717, 1.165) is 24.2 Å². The predicted molar refractivity (Wildman–Crippen MR) is 72.7 cm³/mol. The Bertz CT molecular complexity index is 439.